The average molecular weight is 243 g/mol. The van der Waals surface area contributed by atoms with Crippen molar-refractivity contribution < 1.29 is 10.2 Å². The van der Waals surface area contributed by atoms with E-state index in [-0.39, 0.29) is 6.04 Å². The van der Waals surface area contributed by atoms with Crippen LogP contribution in [0, 0.1) is 11.8 Å². The highest BCUT2D eigenvalue weighted by Crippen LogP contribution is 2.27. The highest BCUT2D eigenvalue weighted by molar-refractivity contribution is 4.81. The molecule has 0 saturated heterocycles. The van der Waals surface area contributed by atoms with Crippen molar-refractivity contribution in [3.8, 4) is 0 Å². The van der Waals surface area contributed by atoms with Gasteiger partial charge in [-0.05, 0) is 37.5 Å². The molecule has 4 N–H and O–H groups in total. The van der Waals surface area contributed by atoms with Gasteiger partial charge in [0.15, 0.2) is 0 Å². The van der Waals surface area contributed by atoms with Crippen molar-refractivity contribution in [2.75, 3.05) is 0 Å². The van der Waals surface area contributed by atoms with Gasteiger partial charge in [0.25, 0.3) is 0 Å². The first-order valence-electron chi connectivity index (χ1n) is 7.12. The van der Waals surface area contributed by atoms with Gasteiger partial charge in [0, 0.05) is 6.04 Å². The Kier molecular flexibility index (Phi) is 6.45. The van der Waals surface area contributed by atoms with Crippen LogP contribution in [0.5, 0.6) is 0 Å². The van der Waals surface area contributed by atoms with Gasteiger partial charge in [0.05, 0.1) is 12.2 Å². The molecule has 17 heavy (non-hydrogen) atoms. The minimum atomic E-state index is -0.658. The van der Waals surface area contributed by atoms with Crippen molar-refractivity contribution in [2.45, 2.75) is 77.0 Å². The molecule has 102 valence electrons. The lowest BCUT2D eigenvalue weighted by Crippen LogP contribution is -2.39. The van der Waals surface area contributed by atoms with Gasteiger partial charge in [0.2, 0.25) is 0 Å². The molecule has 3 nitrogen and oxygen atoms in total. The lowest BCUT2D eigenvalue weighted by Gasteiger charge is -2.30. The molecule has 0 aromatic heterocycles. The van der Waals surface area contributed by atoms with Crippen LogP contribution in [0.3, 0.4) is 0 Å². The van der Waals surface area contributed by atoms with Crippen LogP contribution < -0.4 is 5.73 Å². The maximum Gasteiger partial charge on any atom is 0.0814 e. The fourth-order valence-electron chi connectivity index (χ4n) is 2.83. The van der Waals surface area contributed by atoms with Crippen LogP contribution in [0.1, 0.15) is 58.8 Å². The monoisotopic (exact) mass is 243 g/mol. The number of rotatable bonds is 6. The van der Waals surface area contributed by atoms with Crippen molar-refractivity contribution in [3.05, 3.63) is 0 Å². The summed E-state index contributed by atoms with van der Waals surface area (Å²) in [6, 6.07) is 0.0483. The topological polar surface area (TPSA) is 66.5 Å². The lowest BCUT2D eigenvalue weighted by atomic mass is 9.81. The van der Waals surface area contributed by atoms with Crippen molar-refractivity contribution in [2.24, 2.45) is 17.6 Å². The Balaban J connectivity index is 2.30. The Morgan fingerprint density at radius 1 is 1.00 bits per heavy atom. The Hall–Kier alpha value is -0.120. The highest BCUT2D eigenvalue weighted by atomic mass is 16.3. The largest absolute Gasteiger partial charge is 0.390 e. The summed E-state index contributed by atoms with van der Waals surface area (Å²) in [4.78, 5) is 0. The van der Waals surface area contributed by atoms with Gasteiger partial charge in [-0.2, -0.15) is 0 Å². The van der Waals surface area contributed by atoms with Crippen LogP contribution in [-0.4, -0.2) is 28.5 Å². The summed E-state index contributed by atoms with van der Waals surface area (Å²) in [5, 5.41) is 19.8. The van der Waals surface area contributed by atoms with Gasteiger partial charge in [-0.15, -0.1) is 0 Å². The molecule has 0 aromatic carbocycles. The van der Waals surface area contributed by atoms with Gasteiger partial charge < -0.3 is 15.9 Å². The van der Waals surface area contributed by atoms with E-state index in [0.29, 0.717) is 24.7 Å². The number of aliphatic hydroxyl groups excluding tert-OH is 2. The zero-order valence-corrected chi connectivity index (χ0v) is 11.3. The van der Waals surface area contributed by atoms with E-state index in [9.17, 15) is 10.2 Å². The Morgan fingerprint density at radius 3 is 2.06 bits per heavy atom. The van der Waals surface area contributed by atoms with E-state index in [2.05, 4.69) is 13.8 Å². The quantitative estimate of drug-likeness (QED) is 0.669. The maximum absolute atomic E-state index is 9.94. The molecule has 0 aliphatic heterocycles. The summed E-state index contributed by atoms with van der Waals surface area (Å²) in [6.07, 6.45) is 6.15. The Morgan fingerprint density at radius 2 is 1.53 bits per heavy atom. The minimum absolute atomic E-state index is 0.0483. The Labute approximate surface area is 105 Å². The van der Waals surface area contributed by atoms with Crippen molar-refractivity contribution >= 4 is 0 Å². The average Bonchev–Trinajstić information content (AvgIpc) is 2.29. The van der Waals surface area contributed by atoms with Gasteiger partial charge >= 0.3 is 0 Å². The van der Waals surface area contributed by atoms with Crippen LogP contribution in [0.25, 0.3) is 0 Å². The third-order valence-electron chi connectivity index (χ3n) is 3.93. The third kappa shape index (κ3) is 5.36. The number of aliphatic hydroxyl groups is 2. The summed E-state index contributed by atoms with van der Waals surface area (Å²) < 4.78 is 0. The molecule has 0 spiro atoms. The molecule has 0 heterocycles. The van der Waals surface area contributed by atoms with Gasteiger partial charge in [-0.25, -0.2) is 0 Å². The number of nitrogens with two attached hydrogens (primary N) is 1. The molecular weight excluding hydrogens is 214 g/mol. The second-order valence-electron chi connectivity index (χ2n) is 6.06. The number of hydrogen-bond donors (Lipinski definition) is 3. The maximum atomic E-state index is 9.94. The van der Waals surface area contributed by atoms with Crippen molar-refractivity contribution in [1.82, 2.24) is 0 Å². The summed E-state index contributed by atoms with van der Waals surface area (Å²) in [7, 11) is 0. The predicted molar refractivity (Wildman–Crippen MR) is 70.6 cm³/mol. The second kappa shape index (κ2) is 7.34. The first-order chi connectivity index (χ1) is 8.00. The van der Waals surface area contributed by atoms with E-state index in [4.69, 9.17) is 5.73 Å². The highest BCUT2D eigenvalue weighted by Gasteiger charge is 2.26. The Bertz CT molecular complexity index is 202. The molecule has 1 aliphatic rings. The minimum Gasteiger partial charge on any atom is -0.390 e. The molecule has 0 radical (unpaired) electrons. The fourth-order valence-corrected chi connectivity index (χ4v) is 2.83. The van der Waals surface area contributed by atoms with Gasteiger partial charge in [-0.3, -0.25) is 0 Å². The van der Waals surface area contributed by atoms with Gasteiger partial charge in [-0.1, -0.05) is 33.1 Å². The molecule has 0 bridgehead atoms. The standard InChI is InChI=1S/C14H29NO2/c1-10(2)8-13(16)14(17)9-12(15)11-6-4-3-5-7-11/h10-14,16-17H,3-9,15H2,1-2H3/t12-,13-,14+/m0/s1. The molecule has 0 unspecified atom stereocenters. The van der Waals surface area contributed by atoms with E-state index < -0.39 is 12.2 Å². The second-order valence-corrected chi connectivity index (χ2v) is 6.06. The summed E-state index contributed by atoms with van der Waals surface area (Å²) in [5.74, 6) is 0.954. The summed E-state index contributed by atoms with van der Waals surface area (Å²) >= 11 is 0. The zero-order chi connectivity index (χ0) is 12.8. The van der Waals surface area contributed by atoms with Crippen LogP contribution in [0.4, 0.5) is 0 Å². The zero-order valence-electron chi connectivity index (χ0n) is 11.3. The summed E-state index contributed by atoms with van der Waals surface area (Å²) in [6.45, 7) is 4.11. The molecule has 0 aromatic rings. The molecule has 1 aliphatic carbocycles. The first-order valence-corrected chi connectivity index (χ1v) is 7.12. The van der Waals surface area contributed by atoms with Crippen LogP contribution in [-0.2, 0) is 0 Å². The molecule has 1 saturated carbocycles. The smallest absolute Gasteiger partial charge is 0.0814 e. The van der Waals surface area contributed by atoms with E-state index >= 15 is 0 Å². The third-order valence-corrected chi connectivity index (χ3v) is 3.93. The normalized spacial score (nSPS) is 23.6. The lowest BCUT2D eigenvalue weighted by molar-refractivity contribution is -0.00446. The van der Waals surface area contributed by atoms with Crippen molar-refractivity contribution in [1.29, 1.82) is 0 Å². The van der Waals surface area contributed by atoms with Crippen LogP contribution in [0.2, 0.25) is 0 Å². The van der Waals surface area contributed by atoms with E-state index in [0.717, 1.165) is 0 Å². The number of hydrogen-bond acceptors (Lipinski definition) is 3. The van der Waals surface area contributed by atoms with Crippen LogP contribution in [0.15, 0.2) is 0 Å². The molecule has 3 atom stereocenters. The fraction of sp³-hybridized carbons (Fsp3) is 1.00. The van der Waals surface area contributed by atoms with Crippen molar-refractivity contribution in [3.63, 3.8) is 0 Å². The van der Waals surface area contributed by atoms with E-state index in [1.165, 1.54) is 32.1 Å². The molecule has 1 rings (SSSR count). The predicted octanol–water partition coefficient (Wildman–Crippen LogP) is 2.05. The molecular formula is C14H29NO2. The van der Waals surface area contributed by atoms with E-state index in [1.54, 1.807) is 0 Å². The SMILES string of the molecule is CC(C)C[C@H](O)[C@H](O)C[C@H](N)C1CCCCC1. The first kappa shape index (κ1) is 14.9. The van der Waals surface area contributed by atoms with Gasteiger partial charge in [0.1, 0.15) is 0 Å². The molecule has 3 heteroatoms. The van der Waals surface area contributed by atoms with E-state index in [1.807, 2.05) is 0 Å². The molecule has 0 amide bonds. The summed E-state index contributed by atoms with van der Waals surface area (Å²) in [5.41, 5.74) is 6.15. The molecule has 1 fully saturated rings. The van der Waals surface area contributed by atoms with Crippen LogP contribution >= 0.6 is 0 Å².